The van der Waals surface area contributed by atoms with Crippen molar-refractivity contribution in [3.8, 4) is 5.75 Å². The molecule has 4 aromatic rings. The highest BCUT2D eigenvalue weighted by molar-refractivity contribution is 6.80. The maximum Gasteiger partial charge on any atom is 0.426 e. The van der Waals surface area contributed by atoms with Crippen LogP contribution in [0.1, 0.15) is 0 Å². The van der Waals surface area contributed by atoms with Crippen molar-refractivity contribution >= 4 is 40.3 Å². The summed E-state index contributed by atoms with van der Waals surface area (Å²) in [5.41, 5.74) is 2.37. The van der Waals surface area contributed by atoms with Crippen molar-refractivity contribution in [3.05, 3.63) is 95.9 Å². The highest BCUT2D eigenvalue weighted by Gasteiger charge is 2.25. The molecule has 26 heavy (non-hydrogen) atoms. The first-order valence-electron chi connectivity index (χ1n) is 8.22. The average Bonchev–Trinajstić information content (AvgIpc) is 2.67. The lowest BCUT2D eigenvalue weighted by Gasteiger charge is -2.18. The number of hydrogen-bond donors (Lipinski definition) is 0. The Hall–Kier alpha value is -2.85. The van der Waals surface area contributed by atoms with E-state index in [0.29, 0.717) is 10.8 Å². The smallest absolute Gasteiger partial charge is 0.426 e. The van der Waals surface area contributed by atoms with Crippen molar-refractivity contribution in [3.63, 3.8) is 0 Å². The third-order valence-corrected chi connectivity index (χ3v) is 4.42. The fourth-order valence-corrected chi connectivity index (χ4v) is 3.06. The van der Waals surface area contributed by atoms with E-state index in [1.165, 1.54) is 12.1 Å². The van der Waals surface area contributed by atoms with Crippen molar-refractivity contribution < 1.29 is 9.04 Å². The Labute approximate surface area is 156 Å². The molecule has 0 fully saturated rings. The van der Waals surface area contributed by atoms with Gasteiger partial charge >= 0.3 is 6.92 Å². The molecule has 0 aliphatic carbocycles. The van der Waals surface area contributed by atoms with Crippen LogP contribution < -0.4 is 15.6 Å². The van der Waals surface area contributed by atoms with Gasteiger partial charge in [-0.25, -0.2) is 4.39 Å². The molecule has 0 saturated heterocycles. The van der Waals surface area contributed by atoms with E-state index in [1.807, 2.05) is 48.5 Å². The van der Waals surface area contributed by atoms with Gasteiger partial charge in [0.25, 0.3) is 0 Å². The molecule has 126 valence electrons. The van der Waals surface area contributed by atoms with Crippen molar-refractivity contribution in [1.82, 2.24) is 4.98 Å². The predicted molar refractivity (Wildman–Crippen MR) is 105 cm³/mol. The van der Waals surface area contributed by atoms with Gasteiger partial charge in [-0.2, -0.15) is 0 Å². The summed E-state index contributed by atoms with van der Waals surface area (Å²) in [5, 5.41) is 1.62. The van der Waals surface area contributed by atoms with Crippen molar-refractivity contribution in [2.75, 3.05) is 0 Å². The lowest BCUT2D eigenvalue weighted by molar-refractivity contribution is 0.595. The summed E-state index contributed by atoms with van der Waals surface area (Å²) in [6.07, 6.45) is 1.73. The molecule has 0 bridgehead atoms. The normalized spacial score (nSPS) is 10.7. The predicted octanol–water partition coefficient (Wildman–Crippen LogP) is 4.21. The van der Waals surface area contributed by atoms with Crippen molar-refractivity contribution in [1.29, 1.82) is 0 Å². The first kappa shape index (κ1) is 16.6. The number of nitrogens with zero attached hydrogens (tertiary/aromatic N) is 1. The second-order valence-electron chi connectivity index (χ2n) is 5.94. The fourth-order valence-electron chi connectivity index (χ4n) is 2.93. The van der Waals surface area contributed by atoms with Crippen LogP contribution in [0, 0.1) is 5.82 Å². The van der Waals surface area contributed by atoms with E-state index in [0.717, 1.165) is 21.8 Å². The van der Waals surface area contributed by atoms with Crippen LogP contribution in [-0.2, 0) is 0 Å². The number of para-hydroxylation sites is 1. The van der Waals surface area contributed by atoms with E-state index < -0.39 is 6.92 Å². The lowest BCUT2D eigenvalue weighted by Crippen LogP contribution is -2.47. The van der Waals surface area contributed by atoms with E-state index >= 15 is 0 Å². The van der Waals surface area contributed by atoms with E-state index in [1.54, 1.807) is 24.4 Å². The Morgan fingerprint density at radius 2 is 1.62 bits per heavy atom. The van der Waals surface area contributed by atoms with Gasteiger partial charge in [0.15, 0.2) is 0 Å². The molecule has 0 amide bonds. The molecular weight excluding hydrogens is 348 g/mol. The SMILES string of the molecule is Fc1cccc(B(Oc2cccc3cccnc23)c2ccc(Cl)cc2)c1. The van der Waals surface area contributed by atoms with Crippen LogP contribution in [0.4, 0.5) is 4.39 Å². The first-order chi connectivity index (χ1) is 12.7. The Morgan fingerprint density at radius 1 is 0.846 bits per heavy atom. The van der Waals surface area contributed by atoms with Crippen LogP contribution in [0.15, 0.2) is 85.1 Å². The van der Waals surface area contributed by atoms with E-state index in [4.69, 9.17) is 16.3 Å². The second kappa shape index (κ2) is 7.18. The van der Waals surface area contributed by atoms with Crippen LogP contribution in [0.25, 0.3) is 10.9 Å². The van der Waals surface area contributed by atoms with Gasteiger partial charge in [-0.15, -0.1) is 0 Å². The summed E-state index contributed by atoms with van der Waals surface area (Å²) in [6.45, 7) is -0.476. The standard InChI is InChI=1S/C21H14BClFNO/c23-18-11-9-16(10-12-18)22(17-6-2-7-19(24)14-17)26-20-8-1-4-15-5-3-13-25-21(15)20/h1-14H. The highest BCUT2D eigenvalue weighted by Crippen LogP contribution is 2.23. The van der Waals surface area contributed by atoms with Crippen LogP contribution >= 0.6 is 11.6 Å². The Balaban J connectivity index is 1.81. The maximum atomic E-state index is 13.8. The van der Waals surface area contributed by atoms with Crippen molar-refractivity contribution in [2.24, 2.45) is 0 Å². The molecule has 0 N–H and O–H groups in total. The van der Waals surface area contributed by atoms with Gasteiger partial charge in [0.2, 0.25) is 0 Å². The zero-order chi connectivity index (χ0) is 17.9. The molecule has 0 saturated carbocycles. The molecule has 5 heteroatoms. The number of halogens is 2. The maximum absolute atomic E-state index is 13.8. The Bertz CT molecular complexity index is 1050. The summed E-state index contributed by atoms with van der Waals surface area (Å²) in [6, 6.07) is 23.4. The molecule has 4 rings (SSSR count). The summed E-state index contributed by atoms with van der Waals surface area (Å²) < 4.78 is 20.1. The molecule has 0 atom stereocenters. The van der Waals surface area contributed by atoms with Crippen LogP contribution in [0.5, 0.6) is 5.75 Å². The second-order valence-corrected chi connectivity index (χ2v) is 6.37. The number of benzene rings is 3. The van der Waals surface area contributed by atoms with Gasteiger partial charge in [-0.1, -0.05) is 54.1 Å². The van der Waals surface area contributed by atoms with Gasteiger partial charge in [0.1, 0.15) is 17.1 Å². The zero-order valence-corrected chi connectivity index (χ0v) is 14.5. The molecule has 3 aromatic carbocycles. The summed E-state index contributed by atoms with van der Waals surface area (Å²) in [7, 11) is 0. The van der Waals surface area contributed by atoms with Crippen LogP contribution in [0.2, 0.25) is 5.02 Å². The Kier molecular flexibility index (Phi) is 4.59. The first-order valence-corrected chi connectivity index (χ1v) is 8.60. The Morgan fingerprint density at radius 3 is 2.42 bits per heavy atom. The van der Waals surface area contributed by atoms with E-state index in [-0.39, 0.29) is 5.82 Å². The summed E-state index contributed by atoms with van der Waals surface area (Å²) in [4.78, 5) is 4.43. The minimum Gasteiger partial charge on any atom is -0.550 e. The fraction of sp³-hybridized carbons (Fsp3) is 0. The van der Waals surface area contributed by atoms with E-state index in [9.17, 15) is 4.39 Å². The average molecular weight is 362 g/mol. The van der Waals surface area contributed by atoms with Gasteiger partial charge in [-0.3, -0.25) is 4.98 Å². The number of pyridine rings is 1. The summed E-state index contributed by atoms with van der Waals surface area (Å²) >= 11 is 6.02. The number of fused-ring (bicyclic) bond motifs is 1. The molecular formula is C21H14BClFNO. The van der Waals surface area contributed by atoms with Gasteiger partial charge in [0.05, 0.1) is 0 Å². The molecule has 0 spiro atoms. The van der Waals surface area contributed by atoms with E-state index in [2.05, 4.69) is 4.98 Å². The summed E-state index contributed by atoms with van der Waals surface area (Å²) in [5.74, 6) is 0.341. The molecule has 1 aromatic heterocycles. The zero-order valence-electron chi connectivity index (χ0n) is 13.8. The quantitative estimate of drug-likeness (QED) is 0.508. The monoisotopic (exact) mass is 361 g/mol. The largest absolute Gasteiger partial charge is 0.550 e. The minimum absolute atomic E-state index is 0.305. The number of rotatable bonds is 4. The molecule has 0 aliphatic rings. The third-order valence-electron chi connectivity index (χ3n) is 4.16. The van der Waals surface area contributed by atoms with Gasteiger partial charge in [-0.05, 0) is 47.3 Å². The van der Waals surface area contributed by atoms with Gasteiger partial charge < -0.3 is 4.65 Å². The van der Waals surface area contributed by atoms with Crippen LogP contribution in [-0.4, -0.2) is 11.9 Å². The molecule has 1 heterocycles. The topological polar surface area (TPSA) is 22.1 Å². The third kappa shape index (κ3) is 3.42. The minimum atomic E-state index is -0.476. The lowest BCUT2D eigenvalue weighted by atomic mass is 9.55. The highest BCUT2D eigenvalue weighted by atomic mass is 35.5. The van der Waals surface area contributed by atoms with Crippen LogP contribution in [0.3, 0.4) is 0 Å². The molecule has 0 radical (unpaired) electrons. The molecule has 0 aliphatic heterocycles. The number of aromatic nitrogens is 1. The molecule has 0 unspecified atom stereocenters. The number of hydrogen-bond acceptors (Lipinski definition) is 2. The van der Waals surface area contributed by atoms with Crippen molar-refractivity contribution in [2.45, 2.75) is 0 Å². The molecule has 2 nitrogen and oxygen atoms in total. The van der Waals surface area contributed by atoms with Gasteiger partial charge in [0, 0.05) is 16.6 Å².